The third-order valence-corrected chi connectivity index (χ3v) is 3.90. The highest BCUT2D eigenvalue weighted by Gasteiger charge is 2.10. The minimum Gasteiger partial charge on any atom is -0.494 e. The molecule has 110 valence electrons. The van der Waals surface area contributed by atoms with Crippen LogP contribution in [0.2, 0.25) is 0 Å². The Morgan fingerprint density at radius 3 is 2.55 bits per heavy atom. The first kappa shape index (κ1) is 14.6. The largest absolute Gasteiger partial charge is 0.494 e. The number of pyridine rings is 1. The summed E-state index contributed by atoms with van der Waals surface area (Å²) in [5, 5.41) is 1.10. The van der Waals surface area contributed by atoms with Crippen molar-refractivity contribution in [1.29, 1.82) is 0 Å². The van der Waals surface area contributed by atoms with Crippen LogP contribution in [0, 0.1) is 12.7 Å². The molecule has 2 aromatic carbocycles. The van der Waals surface area contributed by atoms with Crippen LogP contribution in [0.25, 0.3) is 10.9 Å². The number of aromatic nitrogens is 1. The van der Waals surface area contributed by atoms with Crippen LogP contribution in [0.5, 0.6) is 5.75 Å². The molecule has 0 aliphatic rings. The SMILES string of the molecule is Bc1cc(C)c(OC)c2ncc(Cc3ccc(F)cc3)cc12. The first-order valence-corrected chi connectivity index (χ1v) is 7.26. The van der Waals surface area contributed by atoms with Gasteiger partial charge < -0.3 is 4.74 Å². The van der Waals surface area contributed by atoms with Gasteiger partial charge in [-0.15, -0.1) is 0 Å². The molecular weight excluding hydrogens is 276 g/mol. The molecule has 1 aromatic heterocycles. The number of nitrogens with zero attached hydrogens (tertiary/aromatic N) is 1. The van der Waals surface area contributed by atoms with Crippen LogP contribution < -0.4 is 10.2 Å². The van der Waals surface area contributed by atoms with Crippen molar-refractivity contribution in [1.82, 2.24) is 4.98 Å². The minimum absolute atomic E-state index is 0.212. The van der Waals surface area contributed by atoms with E-state index in [-0.39, 0.29) is 5.82 Å². The summed E-state index contributed by atoms with van der Waals surface area (Å²) in [7, 11) is 3.75. The van der Waals surface area contributed by atoms with Crippen LogP contribution in [0.4, 0.5) is 4.39 Å². The van der Waals surface area contributed by atoms with Crippen molar-refractivity contribution in [3.05, 3.63) is 65.1 Å². The lowest BCUT2D eigenvalue weighted by atomic mass is 9.88. The molecule has 0 spiro atoms. The van der Waals surface area contributed by atoms with Crippen LogP contribution >= 0.6 is 0 Å². The van der Waals surface area contributed by atoms with Crippen LogP contribution in [-0.4, -0.2) is 19.9 Å². The van der Waals surface area contributed by atoms with Crippen LogP contribution in [0.15, 0.2) is 42.6 Å². The first-order chi connectivity index (χ1) is 10.6. The van der Waals surface area contributed by atoms with E-state index in [1.54, 1.807) is 7.11 Å². The summed E-state index contributed by atoms with van der Waals surface area (Å²) in [5.74, 6) is 0.616. The Kier molecular flexibility index (Phi) is 3.84. The molecule has 0 saturated heterocycles. The van der Waals surface area contributed by atoms with Gasteiger partial charge in [0.15, 0.2) is 0 Å². The molecule has 0 N–H and O–H groups in total. The van der Waals surface area contributed by atoms with Gasteiger partial charge in [0.1, 0.15) is 24.9 Å². The van der Waals surface area contributed by atoms with Gasteiger partial charge in [0, 0.05) is 6.20 Å². The average molecular weight is 293 g/mol. The van der Waals surface area contributed by atoms with E-state index in [0.717, 1.165) is 39.8 Å². The van der Waals surface area contributed by atoms with E-state index in [0.29, 0.717) is 0 Å². The van der Waals surface area contributed by atoms with Gasteiger partial charge in [0.2, 0.25) is 0 Å². The van der Waals surface area contributed by atoms with Crippen molar-refractivity contribution in [2.45, 2.75) is 13.3 Å². The van der Waals surface area contributed by atoms with Crippen molar-refractivity contribution in [2.24, 2.45) is 0 Å². The second-order valence-corrected chi connectivity index (χ2v) is 5.59. The van der Waals surface area contributed by atoms with E-state index in [2.05, 4.69) is 25.0 Å². The Morgan fingerprint density at radius 1 is 1.14 bits per heavy atom. The normalized spacial score (nSPS) is 10.9. The fourth-order valence-corrected chi connectivity index (χ4v) is 2.84. The van der Waals surface area contributed by atoms with Gasteiger partial charge >= 0.3 is 0 Å². The summed E-state index contributed by atoms with van der Waals surface area (Å²) in [6, 6.07) is 10.8. The standard InChI is InChI=1S/C18H17BFNO/c1-11-7-16(19)15-9-13(10-21-17(15)18(11)22-2)8-12-3-5-14(20)6-4-12/h3-7,9-10H,8,19H2,1-2H3. The Morgan fingerprint density at radius 2 is 1.86 bits per heavy atom. The predicted octanol–water partition coefficient (Wildman–Crippen LogP) is 2.54. The molecule has 4 heteroatoms. The maximum Gasteiger partial charge on any atom is 0.147 e. The summed E-state index contributed by atoms with van der Waals surface area (Å²) in [4.78, 5) is 4.59. The lowest BCUT2D eigenvalue weighted by Crippen LogP contribution is -2.08. The van der Waals surface area contributed by atoms with Crippen LogP contribution in [0.3, 0.4) is 0 Å². The smallest absolute Gasteiger partial charge is 0.147 e. The Labute approximate surface area is 130 Å². The van der Waals surface area contributed by atoms with Gasteiger partial charge in [-0.05, 0) is 53.6 Å². The van der Waals surface area contributed by atoms with E-state index in [4.69, 9.17) is 4.74 Å². The van der Waals surface area contributed by atoms with Crippen molar-refractivity contribution in [3.8, 4) is 5.75 Å². The maximum atomic E-state index is 13.0. The van der Waals surface area contributed by atoms with Crippen molar-refractivity contribution in [2.75, 3.05) is 7.11 Å². The summed E-state index contributed by atoms with van der Waals surface area (Å²) < 4.78 is 18.5. The molecule has 0 aliphatic heterocycles. The Bertz CT molecular complexity index is 831. The molecule has 0 radical (unpaired) electrons. The lowest BCUT2D eigenvalue weighted by molar-refractivity contribution is 0.416. The third kappa shape index (κ3) is 2.69. The zero-order valence-electron chi connectivity index (χ0n) is 13.0. The van der Waals surface area contributed by atoms with Gasteiger partial charge in [-0.25, -0.2) is 4.39 Å². The quantitative estimate of drug-likeness (QED) is 0.692. The topological polar surface area (TPSA) is 22.1 Å². The summed E-state index contributed by atoms with van der Waals surface area (Å²) in [6.45, 7) is 2.03. The number of hydrogen-bond acceptors (Lipinski definition) is 2. The van der Waals surface area contributed by atoms with E-state index < -0.39 is 0 Å². The summed E-state index contributed by atoms with van der Waals surface area (Å²) >= 11 is 0. The molecule has 3 rings (SSSR count). The molecule has 0 saturated carbocycles. The van der Waals surface area contributed by atoms with Crippen molar-refractivity contribution in [3.63, 3.8) is 0 Å². The van der Waals surface area contributed by atoms with Gasteiger partial charge in [0.05, 0.1) is 7.11 Å². The van der Waals surface area contributed by atoms with Crippen molar-refractivity contribution >= 4 is 24.2 Å². The van der Waals surface area contributed by atoms with Gasteiger partial charge in [-0.1, -0.05) is 23.7 Å². The molecule has 1 heterocycles. The molecule has 22 heavy (non-hydrogen) atoms. The summed E-state index contributed by atoms with van der Waals surface area (Å²) in [5.41, 5.74) is 5.34. The molecule has 0 bridgehead atoms. The zero-order chi connectivity index (χ0) is 15.7. The summed E-state index contributed by atoms with van der Waals surface area (Å²) in [6.07, 6.45) is 2.60. The molecule has 0 unspecified atom stereocenters. The second-order valence-electron chi connectivity index (χ2n) is 5.59. The minimum atomic E-state index is -0.212. The highest BCUT2D eigenvalue weighted by Crippen LogP contribution is 2.27. The third-order valence-electron chi connectivity index (χ3n) is 3.90. The van der Waals surface area contributed by atoms with Crippen LogP contribution in [0.1, 0.15) is 16.7 Å². The number of benzene rings is 2. The number of methoxy groups -OCH3 is 1. The molecule has 2 nitrogen and oxygen atoms in total. The van der Waals surface area contributed by atoms with E-state index in [1.807, 2.05) is 25.3 Å². The number of ether oxygens (including phenoxy) is 1. The van der Waals surface area contributed by atoms with E-state index in [1.165, 1.54) is 17.6 Å². The highest BCUT2D eigenvalue weighted by molar-refractivity contribution is 6.39. The predicted molar refractivity (Wildman–Crippen MR) is 90.4 cm³/mol. The van der Waals surface area contributed by atoms with Gasteiger partial charge in [-0.3, -0.25) is 4.98 Å². The number of halogens is 1. The molecule has 3 aromatic rings. The molecule has 0 amide bonds. The molecule has 0 fully saturated rings. The highest BCUT2D eigenvalue weighted by atomic mass is 19.1. The van der Waals surface area contributed by atoms with Crippen molar-refractivity contribution < 1.29 is 9.13 Å². The molecular formula is C18H17BFNO. The Hall–Kier alpha value is -2.36. The second kappa shape index (κ2) is 5.80. The maximum absolute atomic E-state index is 13.0. The monoisotopic (exact) mass is 293 g/mol. The van der Waals surface area contributed by atoms with Gasteiger partial charge in [-0.2, -0.15) is 0 Å². The fraction of sp³-hybridized carbons (Fsp3) is 0.167. The van der Waals surface area contributed by atoms with E-state index >= 15 is 0 Å². The molecule has 0 aliphatic carbocycles. The zero-order valence-corrected chi connectivity index (χ0v) is 13.0. The average Bonchev–Trinajstić information content (AvgIpc) is 2.50. The van der Waals surface area contributed by atoms with Gasteiger partial charge in [0.25, 0.3) is 0 Å². The first-order valence-electron chi connectivity index (χ1n) is 7.26. The lowest BCUT2D eigenvalue weighted by Gasteiger charge is -2.12. The number of rotatable bonds is 3. The number of hydrogen-bond donors (Lipinski definition) is 0. The van der Waals surface area contributed by atoms with E-state index in [9.17, 15) is 4.39 Å². The number of fused-ring (bicyclic) bond motifs is 1. The Balaban J connectivity index is 2.04. The fourth-order valence-electron chi connectivity index (χ4n) is 2.84. The van der Waals surface area contributed by atoms with Crippen LogP contribution in [-0.2, 0) is 6.42 Å². The molecule has 0 atom stereocenters. The number of aryl methyl sites for hydroxylation is 1.